The predicted octanol–water partition coefficient (Wildman–Crippen LogP) is 1.19. The van der Waals surface area contributed by atoms with Gasteiger partial charge in [0.05, 0.1) is 11.3 Å². The standard InChI is InChI=1S/C10H13F3N2O2S/c11-10(12,13)9-5-8(15-4-3-14)2-1-7(9)6-18(16)17/h1-2,5,15,18H,3-4,6,14H2. The van der Waals surface area contributed by atoms with Gasteiger partial charge in [0.2, 0.25) is 0 Å². The van der Waals surface area contributed by atoms with Crippen LogP contribution >= 0.6 is 0 Å². The van der Waals surface area contributed by atoms with Crippen molar-refractivity contribution >= 4 is 16.4 Å². The molecule has 0 spiro atoms. The Morgan fingerprint density at radius 3 is 2.44 bits per heavy atom. The molecule has 102 valence electrons. The van der Waals surface area contributed by atoms with Gasteiger partial charge in [-0.15, -0.1) is 0 Å². The molecule has 0 saturated heterocycles. The van der Waals surface area contributed by atoms with Crippen molar-refractivity contribution in [2.75, 3.05) is 18.4 Å². The number of nitrogens with one attached hydrogen (secondary N) is 1. The van der Waals surface area contributed by atoms with E-state index in [-0.39, 0.29) is 17.8 Å². The number of halogens is 3. The zero-order chi connectivity index (χ0) is 13.8. The zero-order valence-electron chi connectivity index (χ0n) is 9.33. The molecule has 1 rings (SSSR count). The summed E-state index contributed by atoms with van der Waals surface area (Å²) in [5.74, 6) is -0.624. The first kappa shape index (κ1) is 14.8. The highest BCUT2D eigenvalue weighted by Crippen LogP contribution is 2.34. The van der Waals surface area contributed by atoms with Crippen molar-refractivity contribution in [1.29, 1.82) is 0 Å². The van der Waals surface area contributed by atoms with E-state index in [9.17, 15) is 21.6 Å². The van der Waals surface area contributed by atoms with Gasteiger partial charge in [0.1, 0.15) is 10.7 Å². The number of rotatable bonds is 5. The molecule has 4 nitrogen and oxygen atoms in total. The van der Waals surface area contributed by atoms with Crippen LogP contribution in [0.1, 0.15) is 11.1 Å². The number of nitrogens with two attached hydrogens (primary N) is 1. The predicted molar refractivity (Wildman–Crippen MR) is 63.0 cm³/mol. The van der Waals surface area contributed by atoms with Crippen LogP contribution in [0.4, 0.5) is 18.9 Å². The number of thiol groups is 1. The summed E-state index contributed by atoms with van der Waals surface area (Å²) in [6.07, 6.45) is -4.58. The first-order chi connectivity index (χ1) is 8.34. The zero-order valence-corrected chi connectivity index (χ0v) is 10.2. The summed E-state index contributed by atoms with van der Waals surface area (Å²) in [5.41, 5.74) is 4.30. The largest absolute Gasteiger partial charge is 0.416 e. The second-order valence-corrected chi connectivity index (χ2v) is 4.56. The van der Waals surface area contributed by atoms with Crippen LogP contribution in [0.5, 0.6) is 0 Å². The molecular weight excluding hydrogens is 269 g/mol. The lowest BCUT2D eigenvalue weighted by Gasteiger charge is -2.14. The van der Waals surface area contributed by atoms with E-state index in [1.807, 2.05) is 0 Å². The van der Waals surface area contributed by atoms with Gasteiger partial charge < -0.3 is 11.1 Å². The molecule has 0 aromatic heterocycles. The van der Waals surface area contributed by atoms with Crippen LogP contribution in [-0.4, -0.2) is 21.5 Å². The van der Waals surface area contributed by atoms with E-state index in [0.29, 0.717) is 6.54 Å². The van der Waals surface area contributed by atoms with E-state index in [4.69, 9.17) is 5.73 Å². The monoisotopic (exact) mass is 282 g/mol. The van der Waals surface area contributed by atoms with Gasteiger partial charge in [-0.1, -0.05) is 6.07 Å². The van der Waals surface area contributed by atoms with Gasteiger partial charge in [0, 0.05) is 18.8 Å². The maximum Gasteiger partial charge on any atom is 0.416 e. The second kappa shape index (κ2) is 6.05. The summed E-state index contributed by atoms with van der Waals surface area (Å²) in [7, 11) is -2.90. The number of anilines is 1. The van der Waals surface area contributed by atoms with Gasteiger partial charge in [-0.2, -0.15) is 13.2 Å². The SMILES string of the molecule is NCCNc1ccc(C[SH](=O)=O)c(C(F)(F)F)c1. The quantitative estimate of drug-likeness (QED) is 0.709. The molecule has 1 aromatic carbocycles. The molecular formula is C10H13F3N2O2S. The summed E-state index contributed by atoms with van der Waals surface area (Å²) >= 11 is 0. The van der Waals surface area contributed by atoms with Crippen molar-refractivity contribution in [2.45, 2.75) is 11.9 Å². The third kappa shape index (κ3) is 4.19. The Hall–Kier alpha value is -1.28. The molecule has 0 atom stereocenters. The molecule has 0 heterocycles. The Morgan fingerprint density at radius 1 is 1.28 bits per heavy atom. The Labute approximate surface area is 104 Å². The van der Waals surface area contributed by atoms with Crippen molar-refractivity contribution in [1.82, 2.24) is 0 Å². The number of benzene rings is 1. The molecule has 1 aromatic rings. The molecule has 0 bridgehead atoms. The Kier molecular flexibility index (Phi) is 4.97. The third-order valence-corrected chi connectivity index (χ3v) is 2.79. The smallest absolute Gasteiger partial charge is 0.384 e. The number of hydrogen-bond donors (Lipinski definition) is 3. The molecule has 8 heteroatoms. The fourth-order valence-corrected chi connectivity index (χ4v) is 2.00. The lowest BCUT2D eigenvalue weighted by atomic mass is 10.1. The molecule has 0 aliphatic carbocycles. The molecule has 0 aliphatic rings. The fourth-order valence-electron chi connectivity index (χ4n) is 1.44. The molecule has 0 aliphatic heterocycles. The van der Waals surface area contributed by atoms with Crippen molar-refractivity contribution in [3.63, 3.8) is 0 Å². The lowest BCUT2D eigenvalue weighted by molar-refractivity contribution is -0.138. The fraction of sp³-hybridized carbons (Fsp3) is 0.400. The van der Waals surface area contributed by atoms with Gasteiger partial charge in [-0.25, -0.2) is 8.42 Å². The van der Waals surface area contributed by atoms with Gasteiger partial charge in [0.15, 0.2) is 0 Å². The van der Waals surface area contributed by atoms with E-state index < -0.39 is 28.2 Å². The maximum absolute atomic E-state index is 12.8. The van der Waals surface area contributed by atoms with E-state index in [0.717, 1.165) is 12.1 Å². The summed E-state index contributed by atoms with van der Waals surface area (Å²) < 4.78 is 59.3. The van der Waals surface area contributed by atoms with Gasteiger partial charge >= 0.3 is 6.18 Å². The summed E-state index contributed by atoms with van der Waals surface area (Å²) in [6, 6.07) is 3.45. The molecule has 3 N–H and O–H groups in total. The minimum Gasteiger partial charge on any atom is -0.384 e. The molecule has 0 saturated carbocycles. The van der Waals surface area contributed by atoms with Crippen LogP contribution in [-0.2, 0) is 22.6 Å². The van der Waals surface area contributed by atoms with Crippen LogP contribution in [0.15, 0.2) is 18.2 Å². The van der Waals surface area contributed by atoms with E-state index in [1.54, 1.807) is 0 Å². The topological polar surface area (TPSA) is 72.2 Å². The summed E-state index contributed by atoms with van der Waals surface area (Å²) in [6.45, 7) is 0.627. The Morgan fingerprint density at radius 2 is 1.94 bits per heavy atom. The van der Waals surface area contributed by atoms with E-state index >= 15 is 0 Å². The number of alkyl halides is 3. The maximum atomic E-state index is 12.8. The van der Waals surface area contributed by atoms with Crippen LogP contribution in [0.25, 0.3) is 0 Å². The Bertz CT molecular complexity index is 479. The first-order valence-corrected chi connectivity index (χ1v) is 6.46. The van der Waals surface area contributed by atoms with Crippen molar-refractivity contribution in [2.24, 2.45) is 5.73 Å². The minimum absolute atomic E-state index is 0.253. The molecule has 0 fully saturated rings. The molecule has 0 radical (unpaired) electrons. The van der Waals surface area contributed by atoms with Crippen molar-refractivity contribution in [3.05, 3.63) is 29.3 Å². The normalized spacial score (nSPS) is 11.8. The van der Waals surface area contributed by atoms with Crippen LogP contribution in [0.2, 0.25) is 0 Å². The molecule has 0 unspecified atom stereocenters. The molecule has 0 amide bonds. The number of hydrogen-bond acceptors (Lipinski definition) is 4. The lowest BCUT2D eigenvalue weighted by Crippen LogP contribution is -2.15. The third-order valence-electron chi connectivity index (χ3n) is 2.19. The average molecular weight is 282 g/mol. The van der Waals surface area contributed by atoms with Gasteiger partial charge in [-0.3, -0.25) is 0 Å². The van der Waals surface area contributed by atoms with Crippen LogP contribution < -0.4 is 11.1 Å². The van der Waals surface area contributed by atoms with Crippen molar-refractivity contribution in [3.8, 4) is 0 Å². The van der Waals surface area contributed by atoms with Crippen LogP contribution in [0, 0.1) is 0 Å². The summed E-state index contributed by atoms with van der Waals surface area (Å²) in [4.78, 5) is 0. The highest BCUT2D eigenvalue weighted by Gasteiger charge is 2.33. The minimum atomic E-state index is -4.58. The first-order valence-electron chi connectivity index (χ1n) is 5.10. The highest BCUT2D eigenvalue weighted by atomic mass is 32.2. The average Bonchev–Trinajstić information content (AvgIpc) is 2.25. The van der Waals surface area contributed by atoms with Gasteiger partial charge in [-0.05, 0) is 17.7 Å². The Balaban J connectivity index is 3.12. The van der Waals surface area contributed by atoms with Gasteiger partial charge in [0.25, 0.3) is 0 Å². The van der Waals surface area contributed by atoms with E-state index in [2.05, 4.69) is 5.32 Å². The molecule has 18 heavy (non-hydrogen) atoms. The van der Waals surface area contributed by atoms with Crippen molar-refractivity contribution < 1.29 is 21.6 Å². The van der Waals surface area contributed by atoms with E-state index in [1.165, 1.54) is 6.07 Å². The highest BCUT2D eigenvalue weighted by molar-refractivity contribution is 7.71. The summed E-state index contributed by atoms with van der Waals surface area (Å²) in [5, 5.41) is 2.71. The second-order valence-electron chi connectivity index (χ2n) is 3.58. The van der Waals surface area contributed by atoms with Crippen LogP contribution in [0.3, 0.4) is 0 Å².